The summed E-state index contributed by atoms with van der Waals surface area (Å²) >= 11 is 0. The molecule has 0 amide bonds. The van der Waals surface area contributed by atoms with Gasteiger partial charge in [-0.15, -0.1) is 0 Å². The van der Waals surface area contributed by atoms with Crippen molar-refractivity contribution in [3.63, 3.8) is 0 Å². The zero-order valence-corrected chi connectivity index (χ0v) is 10.4. The van der Waals surface area contributed by atoms with E-state index in [1.807, 2.05) is 0 Å². The summed E-state index contributed by atoms with van der Waals surface area (Å²) in [6, 6.07) is 0. The Morgan fingerprint density at radius 1 is 1.42 bits per heavy atom. The molecule has 3 rings (SSSR count). The van der Waals surface area contributed by atoms with Crippen LogP contribution < -0.4 is 5.32 Å². The highest BCUT2D eigenvalue weighted by molar-refractivity contribution is 5.89. The number of rotatable bonds is 2. The van der Waals surface area contributed by atoms with Crippen LogP contribution in [-0.4, -0.2) is 39.6 Å². The van der Waals surface area contributed by atoms with Crippen molar-refractivity contribution in [1.29, 1.82) is 0 Å². The van der Waals surface area contributed by atoms with Gasteiger partial charge in [0.25, 0.3) is 0 Å². The molecule has 1 aliphatic rings. The fraction of sp³-hybridized carbons (Fsp3) is 0.333. The van der Waals surface area contributed by atoms with E-state index in [1.165, 1.54) is 7.11 Å². The van der Waals surface area contributed by atoms with Gasteiger partial charge in [0.1, 0.15) is 0 Å². The van der Waals surface area contributed by atoms with Crippen LogP contribution in [0.25, 0.3) is 11.6 Å². The Morgan fingerprint density at radius 3 is 3.05 bits per heavy atom. The lowest BCUT2D eigenvalue weighted by Crippen LogP contribution is -2.28. The topological polar surface area (TPSA) is 92.8 Å². The molecule has 0 spiro atoms. The van der Waals surface area contributed by atoms with Gasteiger partial charge in [0.15, 0.2) is 17.3 Å². The Kier molecular flexibility index (Phi) is 2.96. The fourth-order valence-corrected chi connectivity index (χ4v) is 2.12. The number of nitrogens with one attached hydrogen (secondary N) is 2. The van der Waals surface area contributed by atoms with Gasteiger partial charge in [-0.3, -0.25) is 0 Å². The minimum atomic E-state index is -0.437. The molecule has 0 aromatic carbocycles. The van der Waals surface area contributed by atoms with E-state index in [0.717, 1.165) is 24.2 Å². The minimum absolute atomic E-state index is 0.334. The van der Waals surface area contributed by atoms with E-state index in [4.69, 9.17) is 4.74 Å². The molecule has 0 saturated carbocycles. The lowest BCUT2D eigenvalue weighted by atomic mass is 10.0. The highest BCUT2D eigenvalue weighted by atomic mass is 16.5. The maximum Gasteiger partial charge on any atom is 0.357 e. The van der Waals surface area contributed by atoms with Gasteiger partial charge in [0.05, 0.1) is 12.8 Å². The molecule has 0 bridgehead atoms. The van der Waals surface area contributed by atoms with Gasteiger partial charge in [-0.05, 0) is 13.0 Å². The average Bonchev–Trinajstić information content (AvgIpc) is 2.99. The maximum absolute atomic E-state index is 11.8. The third-order valence-corrected chi connectivity index (χ3v) is 3.03. The quantitative estimate of drug-likeness (QED) is 0.753. The normalized spacial score (nSPS) is 13.9. The highest BCUT2D eigenvalue weighted by Gasteiger charge is 2.23. The molecule has 0 atom stereocenters. The van der Waals surface area contributed by atoms with Crippen molar-refractivity contribution in [3.05, 3.63) is 29.3 Å². The first-order valence-corrected chi connectivity index (χ1v) is 5.98. The van der Waals surface area contributed by atoms with Gasteiger partial charge < -0.3 is 15.0 Å². The van der Waals surface area contributed by atoms with Crippen molar-refractivity contribution in [2.45, 2.75) is 13.0 Å². The number of nitrogens with zero attached hydrogens (tertiary/aromatic N) is 3. The van der Waals surface area contributed by atoms with E-state index in [9.17, 15) is 4.79 Å². The second kappa shape index (κ2) is 4.77. The van der Waals surface area contributed by atoms with Crippen LogP contribution >= 0.6 is 0 Å². The van der Waals surface area contributed by atoms with Gasteiger partial charge >= 0.3 is 5.97 Å². The number of carbonyl (C=O) groups is 1. The van der Waals surface area contributed by atoms with E-state index in [1.54, 1.807) is 12.4 Å². The van der Waals surface area contributed by atoms with Crippen molar-refractivity contribution >= 4 is 5.97 Å². The van der Waals surface area contributed by atoms with Gasteiger partial charge in [-0.2, -0.15) is 0 Å². The molecular formula is C12H13N5O2. The molecule has 0 saturated heterocycles. The van der Waals surface area contributed by atoms with E-state index < -0.39 is 5.97 Å². The monoisotopic (exact) mass is 259 g/mol. The summed E-state index contributed by atoms with van der Waals surface area (Å²) in [5.74, 6) is 0.514. The van der Waals surface area contributed by atoms with Gasteiger partial charge in [0.2, 0.25) is 0 Å². The van der Waals surface area contributed by atoms with Gasteiger partial charge in [0, 0.05) is 24.5 Å². The molecule has 2 aromatic heterocycles. The first-order valence-electron chi connectivity index (χ1n) is 5.98. The number of hydrogen-bond donors (Lipinski definition) is 2. The van der Waals surface area contributed by atoms with Crippen LogP contribution in [0.15, 0.2) is 12.4 Å². The molecule has 19 heavy (non-hydrogen) atoms. The van der Waals surface area contributed by atoms with Crippen molar-refractivity contribution < 1.29 is 9.53 Å². The van der Waals surface area contributed by atoms with Crippen LogP contribution in [0.5, 0.6) is 0 Å². The molecule has 1 aliphatic heterocycles. The number of aromatic amines is 1. The van der Waals surface area contributed by atoms with Crippen LogP contribution in [0.2, 0.25) is 0 Å². The largest absolute Gasteiger partial charge is 0.464 e. The number of H-pyrrole nitrogens is 1. The second-order valence-corrected chi connectivity index (χ2v) is 4.18. The standard InChI is InChI=1S/C12H13N5O2/c1-19-12(18)9-7-2-3-13-6-8(7)16-11(17-9)10-14-4-5-15-10/h4-5,13H,2-3,6H2,1H3,(H,14,15). The molecule has 0 aliphatic carbocycles. The summed E-state index contributed by atoms with van der Waals surface area (Å²) in [7, 11) is 1.35. The van der Waals surface area contributed by atoms with Crippen molar-refractivity contribution in [2.24, 2.45) is 0 Å². The molecule has 98 valence electrons. The minimum Gasteiger partial charge on any atom is -0.464 e. The molecule has 7 heteroatoms. The van der Waals surface area contributed by atoms with Crippen LogP contribution in [0, 0.1) is 0 Å². The summed E-state index contributed by atoms with van der Waals surface area (Å²) in [6.45, 7) is 1.43. The molecule has 2 aromatic rings. The van der Waals surface area contributed by atoms with Crippen LogP contribution in [0.1, 0.15) is 21.7 Å². The lowest BCUT2D eigenvalue weighted by Gasteiger charge is -2.18. The lowest BCUT2D eigenvalue weighted by molar-refractivity contribution is 0.0592. The number of imidazole rings is 1. The summed E-state index contributed by atoms with van der Waals surface area (Å²) < 4.78 is 4.79. The first-order chi connectivity index (χ1) is 9.29. The third-order valence-electron chi connectivity index (χ3n) is 3.03. The van der Waals surface area contributed by atoms with E-state index in [2.05, 4.69) is 25.3 Å². The number of fused-ring (bicyclic) bond motifs is 1. The van der Waals surface area contributed by atoms with Crippen LogP contribution in [0.3, 0.4) is 0 Å². The van der Waals surface area contributed by atoms with Crippen molar-refractivity contribution in [3.8, 4) is 11.6 Å². The van der Waals surface area contributed by atoms with E-state index in [0.29, 0.717) is 23.9 Å². The van der Waals surface area contributed by atoms with Crippen LogP contribution in [-0.2, 0) is 17.7 Å². The first kappa shape index (κ1) is 11.8. The SMILES string of the molecule is COC(=O)c1nc(-c2ncc[nH]2)nc2c1CCNC2. The van der Waals surface area contributed by atoms with Gasteiger partial charge in [-0.1, -0.05) is 0 Å². The zero-order chi connectivity index (χ0) is 13.2. The Labute approximate surface area is 109 Å². The Balaban J connectivity index is 2.16. The number of aromatic nitrogens is 4. The number of hydrogen-bond acceptors (Lipinski definition) is 6. The molecule has 2 N–H and O–H groups in total. The summed E-state index contributed by atoms with van der Waals surface area (Å²) in [5.41, 5.74) is 2.02. The molecule has 7 nitrogen and oxygen atoms in total. The Hall–Kier alpha value is -2.28. The van der Waals surface area contributed by atoms with Crippen molar-refractivity contribution in [2.75, 3.05) is 13.7 Å². The van der Waals surface area contributed by atoms with Crippen molar-refractivity contribution in [1.82, 2.24) is 25.3 Å². The average molecular weight is 259 g/mol. The molecule has 0 radical (unpaired) electrons. The summed E-state index contributed by atoms with van der Waals surface area (Å²) in [6.07, 6.45) is 4.03. The Morgan fingerprint density at radius 2 is 2.32 bits per heavy atom. The number of carbonyl (C=O) groups excluding carboxylic acids is 1. The summed E-state index contributed by atoms with van der Waals surface area (Å²) in [5, 5.41) is 3.22. The number of ether oxygens (including phenoxy) is 1. The number of methoxy groups -OCH3 is 1. The number of esters is 1. The molecular weight excluding hydrogens is 246 g/mol. The highest BCUT2D eigenvalue weighted by Crippen LogP contribution is 2.20. The third kappa shape index (κ3) is 2.08. The molecule has 3 heterocycles. The molecule has 0 unspecified atom stereocenters. The van der Waals surface area contributed by atoms with E-state index in [-0.39, 0.29) is 0 Å². The summed E-state index contributed by atoms with van der Waals surface area (Å²) in [4.78, 5) is 27.6. The predicted octanol–water partition coefficient (Wildman–Crippen LogP) is 0.299. The Bertz CT molecular complexity index is 609. The second-order valence-electron chi connectivity index (χ2n) is 4.18. The maximum atomic E-state index is 11.8. The fourth-order valence-electron chi connectivity index (χ4n) is 2.12. The van der Waals surface area contributed by atoms with E-state index >= 15 is 0 Å². The predicted molar refractivity (Wildman–Crippen MR) is 66.4 cm³/mol. The van der Waals surface area contributed by atoms with Gasteiger partial charge in [-0.25, -0.2) is 19.7 Å². The smallest absolute Gasteiger partial charge is 0.357 e. The zero-order valence-electron chi connectivity index (χ0n) is 10.4. The van der Waals surface area contributed by atoms with Crippen LogP contribution in [0.4, 0.5) is 0 Å². The molecule has 0 fully saturated rings.